The minimum absolute atomic E-state index is 0.157. The van der Waals surface area contributed by atoms with E-state index in [4.69, 9.17) is 4.74 Å². The van der Waals surface area contributed by atoms with Gasteiger partial charge in [-0.3, -0.25) is 9.79 Å². The highest BCUT2D eigenvalue weighted by Crippen LogP contribution is 2.17. The Bertz CT molecular complexity index is 587. The lowest BCUT2D eigenvalue weighted by atomic mass is 10.2. The molecule has 2 aliphatic rings. The van der Waals surface area contributed by atoms with E-state index in [1.807, 2.05) is 11.9 Å². The number of hydrogen-bond acceptors (Lipinski definition) is 4. The van der Waals surface area contributed by atoms with Gasteiger partial charge in [-0.05, 0) is 36.8 Å². The molecule has 0 spiro atoms. The van der Waals surface area contributed by atoms with Crippen molar-refractivity contribution in [1.29, 1.82) is 0 Å². The van der Waals surface area contributed by atoms with E-state index >= 15 is 0 Å². The third kappa shape index (κ3) is 3.89. The second-order valence-corrected chi connectivity index (χ2v) is 7.24. The minimum atomic E-state index is -0.212. The summed E-state index contributed by atoms with van der Waals surface area (Å²) in [7, 11) is 1.81. The molecule has 132 valence electrons. The summed E-state index contributed by atoms with van der Waals surface area (Å²) >= 11 is 1.76. The van der Waals surface area contributed by atoms with Gasteiger partial charge >= 0.3 is 0 Å². The summed E-state index contributed by atoms with van der Waals surface area (Å²) in [5, 5.41) is 5.56. The molecule has 0 saturated carbocycles. The van der Waals surface area contributed by atoms with Crippen LogP contribution in [0.3, 0.4) is 0 Å². The lowest BCUT2D eigenvalue weighted by Gasteiger charge is -2.37. The maximum atomic E-state index is 12.4. The van der Waals surface area contributed by atoms with Crippen LogP contribution in [-0.2, 0) is 16.1 Å². The van der Waals surface area contributed by atoms with Gasteiger partial charge in [-0.2, -0.15) is 0 Å². The third-order valence-electron chi connectivity index (χ3n) is 4.68. The van der Waals surface area contributed by atoms with Crippen LogP contribution in [0.1, 0.15) is 23.3 Å². The lowest BCUT2D eigenvalue weighted by Crippen LogP contribution is -2.55. The predicted molar refractivity (Wildman–Crippen MR) is 96.4 cm³/mol. The number of piperazine rings is 1. The highest BCUT2D eigenvalue weighted by atomic mass is 32.1. The number of aliphatic imine (C=N–C) groups is 1. The summed E-state index contributed by atoms with van der Waals surface area (Å²) in [5.41, 5.74) is 1.31. The van der Waals surface area contributed by atoms with Gasteiger partial charge in [0.05, 0.1) is 6.54 Å². The zero-order valence-electron chi connectivity index (χ0n) is 14.5. The van der Waals surface area contributed by atoms with Crippen molar-refractivity contribution in [2.45, 2.75) is 32.4 Å². The second kappa shape index (κ2) is 7.98. The molecule has 24 heavy (non-hydrogen) atoms. The van der Waals surface area contributed by atoms with E-state index in [2.05, 4.69) is 33.6 Å². The molecule has 3 heterocycles. The number of nitrogens with zero attached hydrogens (tertiary/aromatic N) is 3. The van der Waals surface area contributed by atoms with Crippen LogP contribution in [0, 0.1) is 6.92 Å². The normalized spacial score (nSPS) is 22.1. The minimum Gasteiger partial charge on any atom is -0.368 e. The summed E-state index contributed by atoms with van der Waals surface area (Å²) in [6, 6.07) is 2.14. The van der Waals surface area contributed by atoms with Gasteiger partial charge in [-0.25, -0.2) is 0 Å². The highest BCUT2D eigenvalue weighted by Gasteiger charge is 2.30. The quantitative estimate of drug-likeness (QED) is 0.662. The van der Waals surface area contributed by atoms with E-state index in [1.165, 1.54) is 10.4 Å². The molecule has 1 N–H and O–H groups in total. The van der Waals surface area contributed by atoms with Crippen molar-refractivity contribution in [3.8, 4) is 0 Å². The molecule has 0 aliphatic carbocycles. The van der Waals surface area contributed by atoms with Crippen molar-refractivity contribution in [2.75, 3.05) is 39.8 Å². The van der Waals surface area contributed by atoms with Gasteiger partial charge in [0.15, 0.2) is 5.96 Å². The molecule has 6 nitrogen and oxygen atoms in total. The Morgan fingerprint density at radius 1 is 1.38 bits per heavy atom. The summed E-state index contributed by atoms with van der Waals surface area (Å²) < 4.78 is 5.51. The first-order valence-corrected chi connectivity index (χ1v) is 9.46. The fourth-order valence-corrected chi connectivity index (χ4v) is 4.04. The molecule has 0 bridgehead atoms. The lowest BCUT2D eigenvalue weighted by molar-refractivity contribution is -0.142. The molecule has 7 heteroatoms. The van der Waals surface area contributed by atoms with Crippen molar-refractivity contribution in [2.24, 2.45) is 4.99 Å². The van der Waals surface area contributed by atoms with Crippen molar-refractivity contribution in [3.63, 3.8) is 0 Å². The SMILES string of the molecule is CN=C(NCc1sccc1C)N1CCN(C(=O)C2CCCO2)CC1. The Balaban J connectivity index is 1.49. The summed E-state index contributed by atoms with van der Waals surface area (Å²) in [6.07, 6.45) is 1.65. The monoisotopic (exact) mass is 350 g/mol. The Hall–Kier alpha value is -1.60. The van der Waals surface area contributed by atoms with Gasteiger partial charge in [-0.15, -0.1) is 11.3 Å². The number of nitrogens with one attached hydrogen (secondary N) is 1. The van der Waals surface area contributed by atoms with Crippen LogP contribution in [0.4, 0.5) is 0 Å². The average Bonchev–Trinajstić information content (AvgIpc) is 3.27. The van der Waals surface area contributed by atoms with Crippen LogP contribution in [0.15, 0.2) is 16.4 Å². The number of ether oxygens (including phenoxy) is 1. The van der Waals surface area contributed by atoms with Crippen LogP contribution in [-0.4, -0.2) is 67.6 Å². The van der Waals surface area contributed by atoms with Crippen molar-refractivity contribution in [3.05, 3.63) is 21.9 Å². The smallest absolute Gasteiger partial charge is 0.251 e. The van der Waals surface area contributed by atoms with Crippen LogP contribution in [0.2, 0.25) is 0 Å². The largest absolute Gasteiger partial charge is 0.368 e. The third-order valence-corrected chi connectivity index (χ3v) is 5.71. The van der Waals surface area contributed by atoms with E-state index in [-0.39, 0.29) is 12.0 Å². The Morgan fingerprint density at radius 3 is 2.71 bits per heavy atom. The highest BCUT2D eigenvalue weighted by molar-refractivity contribution is 7.10. The van der Waals surface area contributed by atoms with Crippen LogP contribution in [0.5, 0.6) is 0 Å². The topological polar surface area (TPSA) is 57.2 Å². The zero-order valence-corrected chi connectivity index (χ0v) is 15.3. The molecule has 2 fully saturated rings. The van der Waals surface area contributed by atoms with E-state index in [0.717, 1.165) is 58.1 Å². The number of guanidine groups is 1. The molecule has 1 aromatic heterocycles. The molecule has 2 saturated heterocycles. The summed E-state index contributed by atoms with van der Waals surface area (Å²) in [4.78, 5) is 22.3. The predicted octanol–water partition coefficient (Wildman–Crippen LogP) is 1.46. The van der Waals surface area contributed by atoms with Gasteiger partial charge in [0.1, 0.15) is 6.10 Å². The molecule has 1 aromatic rings. The molecule has 2 aliphatic heterocycles. The Labute approximate surface area is 147 Å². The Morgan fingerprint density at radius 2 is 2.12 bits per heavy atom. The number of thiophene rings is 1. The first-order chi connectivity index (χ1) is 11.7. The zero-order chi connectivity index (χ0) is 16.9. The van der Waals surface area contributed by atoms with E-state index < -0.39 is 0 Å². The number of hydrogen-bond donors (Lipinski definition) is 1. The molecule has 1 atom stereocenters. The van der Waals surface area contributed by atoms with Crippen LogP contribution >= 0.6 is 11.3 Å². The number of amides is 1. The Kier molecular flexibility index (Phi) is 5.73. The molecule has 3 rings (SSSR count). The second-order valence-electron chi connectivity index (χ2n) is 6.24. The first-order valence-electron chi connectivity index (χ1n) is 8.58. The van der Waals surface area contributed by atoms with E-state index in [1.54, 1.807) is 11.3 Å². The fraction of sp³-hybridized carbons (Fsp3) is 0.647. The number of rotatable bonds is 3. The summed E-state index contributed by atoms with van der Waals surface area (Å²) in [5.74, 6) is 1.07. The average molecular weight is 350 g/mol. The maximum absolute atomic E-state index is 12.4. The van der Waals surface area contributed by atoms with Crippen molar-refractivity contribution >= 4 is 23.2 Å². The number of aryl methyl sites for hydroxylation is 1. The molecular weight excluding hydrogens is 324 g/mol. The van der Waals surface area contributed by atoms with Crippen molar-refractivity contribution in [1.82, 2.24) is 15.1 Å². The van der Waals surface area contributed by atoms with E-state index in [0.29, 0.717) is 0 Å². The van der Waals surface area contributed by atoms with Crippen molar-refractivity contribution < 1.29 is 9.53 Å². The molecule has 1 unspecified atom stereocenters. The van der Waals surface area contributed by atoms with Crippen LogP contribution in [0.25, 0.3) is 0 Å². The fourth-order valence-electron chi connectivity index (χ4n) is 3.19. The van der Waals surface area contributed by atoms with Gasteiger partial charge in [0, 0.05) is 44.7 Å². The molecule has 0 radical (unpaired) electrons. The molecule has 0 aromatic carbocycles. The first kappa shape index (κ1) is 17.2. The van der Waals surface area contributed by atoms with E-state index in [9.17, 15) is 4.79 Å². The standard InChI is InChI=1S/C17H26N4O2S/c1-13-5-11-24-15(13)12-19-17(18-2)21-8-6-20(7-9-21)16(22)14-4-3-10-23-14/h5,11,14H,3-4,6-10,12H2,1-2H3,(H,18,19). The maximum Gasteiger partial charge on any atom is 0.251 e. The molecule has 1 amide bonds. The number of carbonyl (C=O) groups excluding carboxylic acids is 1. The van der Waals surface area contributed by atoms with Gasteiger partial charge in [-0.1, -0.05) is 0 Å². The molecular formula is C17H26N4O2S. The van der Waals surface area contributed by atoms with Gasteiger partial charge in [0.2, 0.25) is 0 Å². The number of carbonyl (C=O) groups is 1. The van der Waals surface area contributed by atoms with Gasteiger partial charge in [0.25, 0.3) is 5.91 Å². The summed E-state index contributed by atoms with van der Waals surface area (Å²) in [6.45, 7) is 6.73. The van der Waals surface area contributed by atoms with Gasteiger partial charge < -0.3 is 19.9 Å². The van der Waals surface area contributed by atoms with Crippen LogP contribution < -0.4 is 5.32 Å².